The summed E-state index contributed by atoms with van der Waals surface area (Å²) in [5.74, 6) is -0.195. The molecule has 0 aliphatic rings. The highest BCUT2D eigenvalue weighted by Gasteiger charge is 2.11. The van der Waals surface area contributed by atoms with Crippen LogP contribution in [0.15, 0.2) is 58.6 Å². The van der Waals surface area contributed by atoms with Crippen LogP contribution in [0.3, 0.4) is 0 Å². The standard InChI is InChI=1S/C18H13BrN4OS/c1-11-9-23-7-6-13(8-16(23)20-11)17(24)22-18-21-15(10-25-18)12-2-4-14(19)5-3-12/h2-10H,1H3,(H,21,22,24). The summed E-state index contributed by atoms with van der Waals surface area (Å²) in [6, 6.07) is 11.4. The molecule has 0 radical (unpaired) electrons. The number of thiazole rings is 1. The van der Waals surface area contributed by atoms with Gasteiger partial charge in [0.15, 0.2) is 5.13 Å². The van der Waals surface area contributed by atoms with E-state index in [1.54, 1.807) is 12.1 Å². The molecule has 1 amide bonds. The smallest absolute Gasteiger partial charge is 0.257 e. The minimum atomic E-state index is -0.195. The third-order valence-corrected chi connectivity index (χ3v) is 4.99. The lowest BCUT2D eigenvalue weighted by Crippen LogP contribution is -2.12. The van der Waals surface area contributed by atoms with Gasteiger partial charge in [-0.1, -0.05) is 28.1 Å². The van der Waals surface area contributed by atoms with E-state index in [0.717, 1.165) is 27.1 Å². The summed E-state index contributed by atoms with van der Waals surface area (Å²) in [7, 11) is 0. The summed E-state index contributed by atoms with van der Waals surface area (Å²) in [6.45, 7) is 1.92. The van der Waals surface area contributed by atoms with Crippen LogP contribution in [0.2, 0.25) is 0 Å². The highest BCUT2D eigenvalue weighted by atomic mass is 79.9. The molecular formula is C18H13BrN4OS. The van der Waals surface area contributed by atoms with Crippen LogP contribution in [0.5, 0.6) is 0 Å². The van der Waals surface area contributed by atoms with E-state index in [0.29, 0.717) is 10.7 Å². The van der Waals surface area contributed by atoms with Crippen molar-refractivity contribution in [3.05, 3.63) is 69.9 Å². The molecule has 25 heavy (non-hydrogen) atoms. The largest absolute Gasteiger partial charge is 0.307 e. The van der Waals surface area contributed by atoms with Gasteiger partial charge in [-0.05, 0) is 31.2 Å². The summed E-state index contributed by atoms with van der Waals surface area (Å²) < 4.78 is 2.91. The number of imidazole rings is 1. The molecule has 0 saturated carbocycles. The number of benzene rings is 1. The number of halogens is 1. The minimum Gasteiger partial charge on any atom is -0.307 e. The number of hydrogen-bond acceptors (Lipinski definition) is 4. The Bertz CT molecular complexity index is 1070. The maximum Gasteiger partial charge on any atom is 0.257 e. The van der Waals surface area contributed by atoms with Gasteiger partial charge in [0, 0.05) is 33.4 Å². The topological polar surface area (TPSA) is 59.3 Å². The zero-order valence-electron chi connectivity index (χ0n) is 13.2. The zero-order chi connectivity index (χ0) is 17.4. The summed E-state index contributed by atoms with van der Waals surface area (Å²) in [6.07, 6.45) is 3.75. The van der Waals surface area contributed by atoms with Crippen molar-refractivity contribution in [2.45, 2.75) is 6.92 Å². The number of aryl methyl sites for hydroxylation is 1. The van der Waals surface area contributed by atoms with Crippen LogP contribution in [0.4, 0.5) is 5.13 Å². The molecule has 0 unspecified atom stereocenters. The molecule has 0 atom stereocenters. The van der Waals surface area contributed by atoms with Gasteiger partial charge in [-0.25, -0.2) is 9.97 Å². The SMILES string of the molecule is Cc1cn2ccc(C(=O)Nc3nc(-c4ccc(Br)cc4)cs3)cc2n1. The quantitative estimate of drug-likeness (QED) is 0.526. The molecule has 3 heterocycles. The first-order chi connectivity index (χ1) is 12.1. The molecule has 0 bridgehead atoms. The number of anilines is 1. The number of hydrogen-bond donors (Lipinski definition) is 1. The van der Waals surface area contributed by atoms with Crippen LogP contribution in [-0.4, -0.2) is 20.3 Å². The maximum atomic E-state index is 12.5. The lowest BCUT2D eigenvalue weighted by atomic mass is 10.2. The van der Waals surface area contributed by atoms with E-state index in [2.05, 4.69) is 31.2 Å². The molecule has 0 aliphatic heterocycles. The molecule has 124 valence electrons. The van der Waals surface area contributed by atoms with Gasteiger partial charge >= 0.3 is 0 Å². The number of carbonyl (C=O) groups is 1. The van der Waals surface area contributed by atoms with E-state index in [1.807, 2.05) is 53.4 Å². The highest BCUT2D eigenvalue weighted by molar-refractivity contribution is 9.10. The Balaban J connectivity index is 1.54. The molecule has 4 aromatic rings. The van der Waals surface area contributed by atoms with Crippen LogP contribution in [0.25, 0.3) is 16.9 Å². The van der Waals surface area contributed by atoms with Crippen LogP contribution in [0, 0.1) is 6.92 Å². The number of pyridine rings is 1. The van der Waals surface area contributed by atoms with Crippen molar-refractivity contribution in [2.24, 2.45) is 0 Å². The van der Waals surface area contributed by atoms with Crippen LogP contribution < -0.4 is 5.32 Å². The van der Waals surface area contributed by atoms with Crippen molar-refractivity contribution in [3.63, 3.8) is 0 Å². The molecule has 0 aliphatic carbocycles. The maximum absolute atomic E-state index is 12.5. The number of nitrogens with zero attached hydrogens (tertiary/aromatic N) is 3. The predicted molar refractivity (Wildman–Crippen MR) is 103 cm³/mol. The molecule has 3 aromatic heterocycles. The minimum absolute atomic E-state index is 0.195. The highest BCUT2D eigenvalue weighted by Crippen LogP contribution is 2.26. The van der Waals surface area contributed by atoms with Crippen LogP contribution >= 0.6 is 27.3 Å². The number of fused-ring (bicyclic) bond motifs is 1. The van der Waals surface area contributed by atoms with E-state index < -0.39 is 0 Å². The summed E-state index contributed by atoms with van der Waals surface area (Å²) in [4.78, 5) is 21.3. The lowest BCUT2D eigenvalue weighted by Gasteiger charge is -2.02. The average Bonchev–Trinajstić information content (AvgIpc) is 3.20. The molecule has 7 heteroatoms. The van der Waals surface area contributed by atoms with Gasteiger partial charge < -0.3 is 4.40 Å². The summed E-state index contributed by atoms with van der Waals surface area (Å²) in [5, 5.41) is 5.36. The molecule has 0 spiro atoms. The normalized spacial score (nSPS) is 11.0. The van der Waals surface area contributed by atoms with Crippen LogP contribution in [-0.2, 0) is 0 Å². The Morgan fingerprint density at radius 2 is 2.00 bits per heavy atom. The van der Waals surface area contributed by atoms with Crippen molar-refractivity contribution in [3.8, 4) is 11.3 Å². The van der Waals surface area contributed by atoms with Crippen molar-refractivity contribution in [2.75, 3.05) is 5.32 Å². The molecular weight excluding hydrogens is 400 g/mol. The van der Waals surface area contributed by atoms with E-state index in [4.69, 9.17) is 0 Å². The molecule has 4 rings (SSSR count). The Hall–Kier alpha value is -2.51. The first-order valence-electron chi connectivity index (χ1n) is 7.57. The molecule has 1 N–H and O–H groups in total. The van der Waals surface area contributed by atoms with Gasteiger partial charge in [0.1, 0.15) is 5.65 Å². The van der Waals surface area contributed by atoms with E-state index in [9.17, 15) is 4.79 Å². The monoisotopic (exact) mass is 412 g/mol. The Morgan fingerprint density at radius 1 is 1.20 bits per heavy atom. The molecule has 1 aromatic carbocycles. The van der Waals surface area contributed by atoms with Gasteiger partial charge in [0.05, 0.1) is 11.4 Å². The number of rotatable bonds is 3. The Kier molecular flexibility index (Phi) is 4.10. The first-order valence-corrected chi connectivity index (χ1v) is 9.24. The van der Waals surface area contributed by atoms with Gasteiger partial charge in [-0.3, -0.25) is 10.1 Å². The number of nitrogens with one attached hydrogen (secondary N) is 1. The molecule has 5 nitrogen and oxygen atoms in total. The second-order valence-corrected chi connectivity index (χ2v) is 7.34. The van der Waals surface area contributed by atoms with Gasteiger partial charge in [-0.2, -0.15) is 0 Å². The lowest BCUT2D eigenvalue weighted by molar-refractivity contribution is 0.102. The third kappa shape index (κ3) is 3.33. The number of carbonyl (C=O) groups excluding carboxylic acids is 1. The summed E-state index contributed by atoms with van der Waals surface area (Å²) >= 11 is 4.82. The van der Waals surface area contributed by atoms with Gasteiger partial charge in [0.2, 0.25) is 0 Å². The van der Waals surface area contributed by atoms with E-state index in [1.165, 1.54) is 11.3 Å². The fourth-order valence-corrected chi connectivity index (χ4v) is 3.48. The van der Waals surface area contributed by atoms with E-state index in [-0.39, 0.29) is 5.91 Å². The van der Waals surface area contributed by atoms with Crippen molar-refractivity contribution in [1.82, 2.24) is 14.4 Å². The fraction of sp³-hybridized carbons (Fsp3) is 0.0556. The number of aromatic nitrogens is 3. The van der Waals surface area contributed by atoms with Gasteiger partial charge in [0.25, 0.3) is 5.91 Å². The van der Waals surface area contributed by atoms with Crippen molar-refractivity contribution < 1.29 is 4.79 Å². The molecule has 0 saturated heterocycles. The van der Waals surface area contributed by atoms with Crippen molar-refractivity contribution >= 4 is 44.0 Å². The predicted octanol–water partition coefficient (Wildman–Crippen LogP) is 4.78. The summed E-state index contributed by atoms with van der Waals surface area (Å²) in [5.41, 5.74) is 4.07. The second-order valence-electron chi connectivity index (χ2n) is 5.56. The van der Waals surface area contributed by atoms with Crippen molar-refractivity contribution in [1.29, 1.82) is 0 Å². The Morgan fingerprint density at radius 3 is 2.80 bits per heavy atom. The fourth-order valence-electron chi connectivity index (χ4n) is 2.50. The first kappa shape index (κ1) is 16.0. The van der Waals surface area contributed by atoms with E-state index >= 15 is 0 Å². The zero-order valence-corrected chi connectivity index (χ0v) is 15.6. The number of amides is 1. The second kappa shape index (κ2) is 6.42. The van der Waals surface area contributed by atoms with Crippen LogP contribution in [0.1, 0.15) is 16.1 Å². The van der Waals surface area contributed by atoms with Gasteiger partial charge in [-0.15, -0.1) is 11.3 Å². The molecule has 0 fully saturated rings. The third-order valence-electron chi connectivity index (χ3n) is 3.71. The Labute approximate surface area is 156 Å². The average molecular weight is 413 g/mol.